The molecule has 0 radical (unpaired) electrons. The van der Waals surface area contributed by atoms with E-state index in [4.69, 9.17) is 0 Å². The van der Waals surface area contributed by atoms with Crippen molar-refractivity contribution in [2.45, 2.75) is 23.4 Å². The minimum atomic E-state index is -0.208. The number of anilines is 1. The van der Waals surface area contributed by atoms with Crippen LogP contribution in [0.2, 0.25) is 0 Å². The average Bonchev–Trinajstić information content (AvgIpc) is 3.00. The summed E-state index contributed by atoms with van der Waals surface area (Å²) in [5.74, 6) is 0.279. The van der Waals surface area contributed by atoms with Crippen LogP contribution in [0, 0.1) is 0 Å². The fraction of sp³-hybridized carbons (Fsp3) is 0.214. The minimum Gasteiger partial charge on any atom is -0.319 e. The summed E-state index contributed by atoms with van der Waals surface area (Å²) in [7, 11) is 0. The van der Waals surface area contributed by atoms with Crippen LogP contribution < -0.4 is 10.9 Å². The van der Waals surface area contributed by atoms with Crippen molar-refractivity contribution in [3.05, 3.63) is 40.3 Å². The lowest BCUT2D eigenvalue weighted by Crippen LogP contribution is -2.14. The van der Waals surface area contributed by atoms with Gasteiger partial charge in [-0.3, -0.25) is 9.59 Å². The van der Waals surface area contributed by atoms with Crippen molar-refractivity contribution in [3.8, 4) is 0 Å². The number of nitrogens with one attached hydrogen (secondary N) is 2. The highest BCUT2D eigenvalue weighted by Gasteiger charge is 2.10. The number of rotatable bonds is 5. The zero-order chi connectivity index (χ0) is 16.2. The molecule has 3 aromatic rings. The van der Waals surface area contributed by atoms with Gasteiger partial charge in [-0.2, -0.15) is 0 Å². The fourth-order valence-electron chi connectivity index (χ4n) is 1.82. The second-order valence-electron chi connectivity index (χ2n) is 4.59. The molecular formula is C14H13N5O2S2. The van der Waals surface area contributed by atoms with Gasteiger partial charge < -0.3 is 10.3 Å². The zero-order valence-electron chi connectivity index (χ0n) is 12.2. The van der Waals surface area contributed by atoms with Gasteiger partial charge >= 0.3 is 0 Å². The number of carbonyl (C=O) groups is 1. The van der Waals surface area contributed by atoms with Crippen molar-refractivity contribution in [2.24, 2.45) is 0 Å². The van der Waals surface area contributed by atoms with E-state index in [-0.39, 0.29) is 11.5 Å². The SMILES string of the molecule is CCC(=O)Nc1nnc(SCc2nc3ccccc3[nH]c2=O)s1. The molecule has 0 unspecified atom stereocenters. The van der Waals surface area contributed by atoms with Crippen molar-refractivity contribution in [1.29, 1.82) is 0 Å². The number of aromatic nitrogens is 4. The van der Waals surface area contributed by atoms with E-state index in [1.54, 1.807) is 6.92 Å². The summed E-state index contributed by atoms with van der Waals surface area (Å²) < 4.78 is 0.672. The molecule has 0 spiro atoms. The van der Waals surface area contributed by atoms with Crippen LogP contribution in [0.4, 0.5) is 5.13 Å². The average molecular weight is 347 g/mol. The highest BCUT2D eigenvalue weighted by atomic mass is 32.2. The molecule has 0 atom stereocenters. The summed E-state index contributed by atoms with van der Waals surface area (Å²) in [5.41, 5.74) is 1.69. The lowest BCUT2D eigenvalue weighted by molar-refractivity contribution is -0.115. The Balaban J connectivity index is 1.72. The Bertz CT molecular complexity index is 905. The molecule has 0 saturated carbocycles. The third-order valence-corrected chi connectivity index (χ3v) is 4.96. The van der Waals surface area contributed by atoms with Crippen LogP contribution in [0.3, 0.4) is 0 Å². The summed E-state index contributed by atoms with van der Waals surface area (Å²) in [6.07, 6.45) is 0.387. The van der Waals surface area contributed by atoms with E-state index < -0.39 is 0 Å². The Labute approximate surface area is 139 Å². The van der Waals surface area contributed by atoms with Gasteiger partial charge in [0.1, 0.15) is 5.69 Å². The first kappa shape index (κ1) is 15.6. The Morgan fingerprint density at radius 3 is 3.00 bits per heavy atom. The van der Waals surface area contributed by atoms with E-state index in [0.717, 1.165) is 5.52 Å². The van der Waals surface area contributed by atoms with Crippen molar-refractivity contribution < 1.29 is 4.79 Å². The Morgan fingerprint density at radius 2 is 2.17 bits per heavy atom. The van der Waals surface area contributed by atoms with Crippen LogP contribution in [-0.2, 0) is 10.5 Å². The molecular weight excluding hydrogens is 334 g/mol. The molecule has 118 valence electrons. The normalized spacial score (nSPS) is 10.8. The van der Waals surface area contributed by atoms with Gasteiger partial charge in [-0.05, 0) is 12.1 Å². The molecule has 7 nitrogen and oxygen atoms in total. The molecule has 1 aromatic carbocycles. The van der Waals surface area contributed by atoms with Crippen molar-refractivity contribution in [1.82, 2.24) is 20.2 Å². The molecule has 0 aliphatic rings. The molecule has 3 rings (SSSR count). The predicted octanol–water partition coefficient (Wildman–Crippen LogP) is 2.42. The second-order valence-corrected chi connectivity index (χ2v) is 6.79. The second kappa shape index (κ2) is 6.88. The largest absolute Gasteiger partial charge is 0.319 e. The van der Waals surface area contributed by atoms with Gasteiger partial charge in [0.05, 0.1) is 11.0 Å². The maximum absolute atomic E-state index is 12.0. The van der Waals surface area contributed by atoms with Gasteiger partial charge in [0.15, 0.2) is 4.34 Å². The molecule has 2 aromatic heterocycles. The summed E-state index contributed by atoms with van der Waals surface area (Å²) in [6, 6.07) is 7.39. The van der Waals surface area contributed by atoms with Crippen LogP contribution in [-0.4, -0.2) is 26.1 Å². The van der Waals surface area contributed by atoms with Gasteiger partial charge in [0, 0.05) is 12.2 Å². The first-order valence-corrected chi connectivity index (χ1v) is 8.70. The van der Waals surface area contributed by atoms with Crippen LogP contribution >= 0.6 is 23.1 Å². The number of nitrogens with zero attached hydrogens (tertiary/aromatic N) is 3. The third kappa shape index (κ3) is 3.74. The summed E-state index contributed by atoms with van der Waals surface area (Å²) in [5, 5.41) is 11.0. The van der Waals surface area contributed by atoms with Crippen molar-refractivity contribution in [2.75, 3.05) is 5.32 Å². The Morgan fingerprint density at radius 1 is 1.35 bits per heavy atom. The number of thioether (sulfide) groups is 1. The van der Waals surface area contributed by atoms with Crippen LogP contribution in [0.1, 0.15) is 19.0 Å². The van der Waals surface area contributed by atoms with Crippen molar-refractivity contribution in [3.63, 3.8) is 0 Å². The number of para-hydroxylation sites is 2. The molecule has 2 N–H and O–H groups in total. The lowest BCUT2D eigenvalue weighted by Gasteiger charge is -2.00. The lowest BCUT2D eigenvalue weighted by atomic mass is 10.3. The number of carbonyl (C=O) groups excluding carboxylic acids is 1. The van der Waals surface area contributed by atoms with E-state index >= 15 is 0 Å². The molecule has 1 amide bonds. The maximum atomic E-state index is 12.0. The fourth-order valence-corrected chi connectivity index (χ4v) is 3.52. The van der Waals surface area contributed by atoms with Gasteiger partial charge in [-0.1, -0.05) is 42.2 Å². The van der Waals surface area contributed by atoms with Crippen LogP contribution in [0.15, 0.2) is 33.4 Å². The summed E-state index contributed by atoms with van der Waals surface area (Å²) in [4.78, 5) is 30.5. The summed E-state index contributed by atoms with van der Waals surface area (Å²) in [6.45, 7) is 1.77. The van der Waals surface area contributed by atoms with Gasteiger partial charge in [0.25, 0.3) is 5.56 Å². The summed E-state index contributed by atoms with van der Waals surface area (Å²) >= 11 is 2.64. The van der Waals surface area contributed by atoms with Gasteiger partial charge in [-0.25, -0.2) is 4.98 Å². The Hall–Kier alpha value is -2.26. The Kier molecular flexibility index (Phi) is 4.68. The number of aromatic amines is 1. The maximum Gasteiger partial charge on any atom is 0.271 e. The number of H-pyrrole nitrogens is 1. The van der Waals surface area contributed by atoms with E-state index in [2.05, 4.69) is 25.5 Å². The number of fused-ring (bicyclic) bond motifs is 1. The van der Waals surface area contributed by atoms with E-state index in [1.807, 2.05) is 24.3 Å². The molecule has 0 saturated heterocycles. The minimum absolute atomic E-state index is 0.106. The quantitative estimate of drug-likeness (QED) is 0.543. The molecule has 2 heterocycles. The zero-order valence-corrected chi connectivity index (χ0v) is 13.8. The number of amides is 1. The topological polar surface area (TPSA) is 101 Å². The highest BCUT2D eigenvalue weighted by molar-refractivity contribution is 8.00. The first-order valence-electron chi connectivity index (χ1n) is 6.90. The monoisotopic (exact) mass is 347 g/mol. The number of benzene rings is 1. The third-order valence-electron chi connectivity index (χ3n) is 2.98. The van der Waals surface area contributed by atoms with E-state index in [9.17, 15) is 9.59 Å². The van der Waals surface area contributed by atoms with E-state index in [0.29, 0.717) is 32.9 Å². The molecule has 23 heavy (non-hydrogen) atoms. The number of hydrogen-bond donors (Lipinski definition) is 2. The van der Waals surface area contributed by atoms with Crippen LogP contribution in [0.25, 0.3) is 11.0 Å². The molecule has 9 heteroatoms. The van der Waals surface area contributed by atoms with Gasteiger partial charge in [-0.15, -0.1) is 10.2 Å². The smallest absolute Gasteiger partial charge is 0.271 e. The molecule has 0 aliphatic heterocycles. The van der Waals surface area contributed by atoms with Gasteiger partial charge in [0.2, 0.25) is 11.0 Å². The standard InChI is InChI=1S/C14H13N5O2S2/c1-2-11(20)17-13-18-19-14(23-13)22-7-10-12(21)16-9-6-4-3-5-8(9)15-10/h3-6H,2,7H2,1H3,(H,16,21)(H,17,18,20). The molecule has 0 bridgehead atoms. The van der Waals surface area contributed by atoms with E-state index in [1.165, 1.54) is 23.1 Å². The van der Waals surface area contributed by atoms with Crippen molar-refractivity contribution >= 4 is 45.2 Å². The number of hydrogen-bond acceptors (Lipinski definition) is 7. The molecule has 0 fully saturated rings. The molecule has 0 aliphatic carbocycles. The first-order chi connectivity index (χ1) is 11.2. The van der Waals surface area contributed by atoms with Crippen LogP contribution in [0.5, 0.6) is 0 Å². The predicted molar refractivity (Wildman–Crippen MR) is 90.8 cm³/mol. The highest BCUT2D eigenvalue weighted by Crippen LogP contribution is 2.27.